The Morgan fingerprint density at radius 1 is 1.30 bits per heavy atom. The van der Waals surface area contributed by atoms with E-state index in [2.05, 4.69) is 35.2 Å². The molecule has 2 heterocycles. The highest BCUT2D eigenvalue weighted by molar-refractivity contribution is 5.50. The number of nitrogens with zero attached hydrogens (tertiary/aromatic N) is 3. The second-order valence-corrected chi connectivity index (χ2v) is 6.60. The SMILES string of the molecule is CNCc1nc(C(C)C)ncc1N1CC2CCCC2C1. The van der Waals surface area contributed by atoms with Gasteiger partial charge < -0.3 is 10.2 Å². The van der Waals surface area contributed by atoms with E-state index in [9.17, 15) is 0 Å². The zero-order chi connectivity index (χ0) is 14.1. The molecule has 0 spiro atoms. The zero-order valence-corrected chi connectivity index (χ0v) is 12.9. The molecule has 2 aliphatic rings. The first kappa shape index (κ1) is 13.8. The van der Waals surface area contributed by atoms with Crippen molar-refractivity contribution in [1.82, 2.24) is 15.3 Å². The number of aromatic nitrogens is 2. The molecule has 2 fully saturated rings. The summed E-state index contributed by atoms with van der Waals surface area (Å²) in [6.07, 6.45) is 6.30. The van der Waals surface area contributed by atoms with E-state index < -0.39 is 0 Å². The summed E-state index contributed by atoms with van der Waals surface area (Å²) in [6, 6.07) is 0. The van der Waals surface area contributed by atoms with Crippen LogP contribution in [0.3, 0.4) is 0 Å². The van der Waals surface area contributed by atoms with Gasteiger partial charge in [-0.1, -0.05) is 20.3 Å². The Hall–Kier alpha value is -1.16. The van der Waals surface area contributed by atoms with Crippen LogP contribution in [0.2, 0.25) is 0 Å². The minimum Gasteiger partial charge on any atom is -0.368 e. The van der Waals surface area contributed by atoms with Crippen LogP contribution >= 0.6 is 0 Å². The van der Waals surface area contributed by atoms with E-state index in [0.717, 1.165) is 29.9 Å². The second kappa shape index (κ2) is 5.68. The summed E-state index contributed by atoms with van der Waals surface area (Å²) in [5.41, 5.74) is 2.41. The molecule has 0 bridgehead atoms. The molecule has 2 unspecified atom stereocenters. The lowest BCUT2D eigenvalue weighted by molar-refractivity contribution is 0.494. The van der Waals surface area contributed by atoms with Crippen LogP contribution in [-0.2, 0) is 6.54 Å². The lowest BCUT2D eigenvalue weighted by Crippen LogP contribution is -2.24. The summed E-state index contributed by atoms with van der Waals surface area (Å²) in [5.74, 6) is 3.15. The van der Waals surface area contributed by atoms with Crippen LogP contribution < -0.4 is 10.2 Å². The summed E-state index contributed by atoms with van der Waals surface area (Å²) in [6.45, 7) is 7.53. The molecule has 3 rings (SSSR count). The molecule has 20 heavy (non-hydrogen) atoms. The molecule has 1 N–H and O–H groups in total. The third kappa shape index (κ3) is 2.53. The molecule has 0 aromatic carbocycles. The van der Waals surface area contributed by atoms with E-state index >= 15 is 0 Å². The van der Waals surface area contributed by atoms with Gasteiger partial charge in [-0.2, -0.15) is 0 Å². The number of fused-ring (bicyclic) bond motifs is 1. The van der Waals surface area contributed by atoms with Crippen LogP contribution in [0.25, 0.3) is 0 Å². The number of hydrogen-bond donors (Lipinski definition) is 1. The Balaban J connectivity index is 1.85. The number of hydrogen-bond acceptors (Lipinski definition) is 4. The van der Waals surface area contributed by atoms with Crippen LogP contribution in [0.5, 0.6) is 0 Å². The maximum atomic E-state index is 4.79. The molecule has 1 saturated heterocycles. The first-order chi connectivity index (χ1) is 9.69. The Kier molecular flexibility index (Phi) is 3.92. The van der Waals surface area contributed by atoms with Crippen molar-refractivity contribution in [2.45, 2.75) is 45.6 Å². The quantitative estimate of drug-likeness (QED) is 0.916. The minimum atomic E-state index is 0.387. The smallest absolute Gasteiger partial charge is 0.131 e. The lowest BCUT2D eigenvalue weighted by atomic mass is 10.0. The first-order valence-corrected chi connectivity index (χ1v) is 7.94. The second-order valence-electron chi connectivity index (χ2n) is 6.60. The molecule has 1 aromatic rings. The monoisotopic (exact) mass is 274 g/mol. The molecular formula is C16H26N4. The van der Waals surface area contributed by atoms with Gasteiger partial charge in [-0.25, -0.2) is 9.97 Å². The maximum absolute atomic E-state index is 4.79. The maximum Gasteiger partial charge on any atom is 0.131 e. The average Bonchev–Trinajstić information content (AvgIpc) is 2.99. The Bertz CT molecular complexity index is 460. The van der Waals surface area contributed by atoms with Crippen molar-refractivity contribution in [2.24, 2.45) is 11.8 Å². The van der Waals surface area contributed by atoms with Crippen LogP contribution in [0.1, 0.15) is 50.5 Å². The van der Waals surface area contributed by atoms with E-state index in [4.69, 9.17) is 4.98 Å². The van der Waals surface area contributed by atoms with Crippen molar-refractivity contribution in [1.29, 1.82) is 0 Å². The van der Waals surface area contributed by atoms with E-state index in [-0.39, 0.29) is 0 Å². The van der Waals surface area contributed by atoms with Crippen molar-refractivity contribution in [2.75, 3.05) is 25.0 Å². The Labute approximate surface area is 122 Å². The van der Waals surface area contributed by atoms with Gasteiger partial charge in [0.1, 0.15) is 5.82 Å². The molecular weight excluding hydrogens is 248 g/mol. The fourth-order valence-corrected chi connectivity index (χ4v) is 3.70. The fourth-order valence-electron chi connectivity index (χ4n) is 3.70. The summed E-state index contributed by atoms with van der Waals surface area (Å²) in [4.78, 5) is 11.9. The van der Waals surface area contributed by atoms with Gasteiger partial charge in [-0.3, -0.25) is 0 Å². The Morgan fingerprint density at radius 2 is 2.00 bits per heavy atom. The largest absolute Gasteiger partial charge is 0.368 e. The average molecular weight is 274 g/mol. The normalized spacial score (nSPS) is 25.5. The topological polar surface area (TPSA) is 41.1 Å². The summed E-state index contributed by atoms with van der Waals surface area (Å²) >= 11 is 0. The third-order valence-corrected chi connectivity index (χ3v) is 4.79. The molecule has 1 aromatic heterocycles. The van der Waals surface area contributed by atoms with Crippen molar-refractivity contribution in [3.05, 3.63) is 17.7 Å². The Morgan fingerprint density at radius 3 is 2.60 bits per heavy atom. The predicted molar refractivity (Wildman–Crippen MR) is 81.9 cm³/mol. The van der Waals surface area contributed by atoms with Crippen molar-refractivity contribution < 1.29 is 0 Å². The minimum absolute atomic E-state index is 0.387. The molecule has 1 aliphatic heterocycles. The van der Waals surface area contributed by atoms with Crippen LogP contribution in [-0.4, -0.2) is 30.1 Å². The predicted octanol–water partition coefficient (Wildman–Crippen LogP) is 2.56. The lowest BCUT2D eigenvalue weighted by Gasteiger charge is -2.22. The van der Waals surface area contributed by atoms with Gasteiger partial charge in [0.15, 0.2) is 0 Å². The van der Waals surface area contributed by atoms with E-state index in [1.807, 2.05) is 7.05 Å². The summed E-state index contributed by atoms with van der Waals surface area (Å²) in [7, 11) is 1.99. The summed E-state index contributed by atoms with van der Waals surface area (Å²) < 4.78 is 0. The highest BCUT2D eigenvalue weighted by Gasteiger charge is 2.36. The molecule has 110 valence electrons. The highest BCUT2D eigenvalue weighted by atomic mass is 15.2. The molecule has 1 saturated carbocycles. The number of rotatable bonds is 4. The first-order valence-electron chi connectivity index (χ1n) is 7.94. The van der Waals surface area contributed by atoms with Crippen molar-refractivity contribution in [3.63, 3.8) is 0 Å². The van der Waals surface area contributed by atoms with Gasteiger partial charge >= 0.3 is 0 Å². The third-order valence-electron chi connectivity index (χ3n) is 4.79. The molecule has 0 amide bonds. The summed E-state index contributed by atoms with van der Waals surface area (Å²) in [5, 5.41) is 3.25. The van der Waals surface area contributed by atoms with Crippen molar-refractivity contribution in [3.8, 4) is 0 Å². The molecule has 0 radical (unpaired) electrons. The molecule has 1 aliphatic carbocycles. The van der Waals surface area contributed by atoms with Gasteiger partial charge in [0.05, 0.1) is 17.6 Å². The fraction of sp³-hybridized carbons (Fsp3) is 0.750. The van der Waals surface area contributed by atoms with Crippen LogP contribution in [0.15, 0.2) is 6.20 Å². The van der Waals surface area contributed by atoms with Gasteiger partial charge in [0.2, 0.25) is 0 Å². The van der Waals surface area contributed by atoms with Gasteiger partial charge in [-0.15, -0.1) is 0 Å². The van der Waals surface area contributed by atoms with Crippen LogP contribution in [0.4, 0.5) is 5.69 Å². The number of anilines is 1. The number of nitrogens with one attached hydrogen (secondary N) is 1. The zero-order valence-electron chi connectivity index (χ0n) is 12.9. The van der Waals surface area contributed by atoms with E-state index in [0.29, 0.717) is 5.92 Å². The van der Waals surface area contributed by atoms with Crippen molar-refractivity contribution >= 4 is 5.69 Å². The molecule has 4 nitrogen and oxygen atoms in total. The van der Waals surface area contributed by atoms with Gasteiger partial charge in [0, 0.05) is 25.6 Å². The highest BCUT2D eigenvalue weighted by Crippen LogP contribution is 2.40. The van der Waals surface area contributed by atoms with E-state index in [1.54, 1.807) is 0 Å². The molecule has 2 atom stereocenters. The standard InChI is InChI=1S/C16H26N4/c1-11(2)16-18-8-15(14(19-16)7-17-3)20-9-12-5-4-6-13(12)10-20/h8,11-13,17H,4-7,9-10H2,1-3H3. The van der Waals surface area contributed by atoms with Crippen LogP contribution in [0, 0.1) is 11.8 Å². The van der Waals surface area contributed by atoms with E-state index in [1.165, 1.54) is 38.0 Å². The van der Waals surface area contributed by atoms with Gasteiger partial charge in [0.25, 0.3) is 0 Å². The molecule has 4 heteroatoms. The van der Waals surface area contributed by atoms with Gasteiger partial charge in [-0.05, 0) is 31.7 Å².